The molecule has 1 N–H and O–H groups in total. The number of hydrogen-bond acceptors (Lipinski definition) is 2. The topological polar surface area (TPSA) is 44.2 Å². The molecule has 1 aliphatic rings. The quantitative estimate of drug-likeness (QED) is 0.490. The lowest BCUT2D eigenvalue weighted by atomic mass is 10.2. The average molecular weight is 175 g/mol. The summed E-state index contributed by atoms with van der Waals surface area (Å²) in [6, 6.07) is 0.00116. The normalized spacial score (nSPS) is 23.7. The van der Waals surface area contributed by atoms with Gasteiger partial charge in [-0.05, 0) is 12.8 Å². The molecule has 1 heterocycles. The maximum atomic E-state index is 11.1. The molecule has 0 saturated carbocycles. The van der Waals surface area contributed by atoms with Crippen molar-refractivity contribution in [2.75, 3.05) is 12.4 Å². The number of carbonyl (C=O) groups is 1. The Morgan fingerprint density at radius 2 is 2.55 bits per heavy atom. The van der Waals surface area contributed by atoms with Crippen LogP contribution < -0.4 is 0 Å². The van der Waals surface area contributed by atoms with Crippen LogP contribution in [0.3, 0.4) is 0 Å². The Kier molecular flexibility index (Phi) is 2.88. The highest BCUT2D eigenvalue weighted by atomic mass is 35.5. The van der Waals surface area contributed by atoms with Crippen molar-refractivity contribution < 1.29 is 4.79 Å². The van der Waals surface area contributed by atoms with Gasteiger partial charge in [-0.15, -0.1) is 11.6 Å². The number of nitrogens with one attached hydrogen (secondary N) is 1. The second kappa shape index (κ2) is 3.72. The molecule has 3 nitrogen and oxygen atoms in total. The largest absolute Gasteiger partial charge is 0.334 e. The van der Waals surface area contributed by atoms with Gasteiger partial charge in [-0.25, -0.2) is 0 Å². The molecule has 0 aliphatic carbocycles. The fraction of sp³-hybridized carbons (Fsp3) is 0.714. The number of nitrogens with zero attached hydrogens (tertiary/aromatic N) is 1. The second-order valence-corrected chi connectivity index (χ2v) is 2.86. The minimum absolute atomic E-state index is 0.00116. The number of alkyl halides is 1. The summed E-state index contributed by atoms with van der Waals surface area (Å²) in [7, 11) is 0. The van der Waals surface area contributed by atoms with E-state index in [-0.39, 0.29) is 17.8 Å². The lowest BCUT2D eigenvalue weighted by Gasteiger charge is -2.19. The van der Waals surface area contributed by atoms with E-state index in [1.165, 1.54) is 6.21 Å². The highest BCUT2D eigenvalue weighted by Crippen LogP contribution is 2.15. The molecule has 1 aliphatic heterocycles. The average Bonchev–Trinajstić information content (AvgIpc) is 2.50. The summed E-state index contributed by atoms with van der Waals surface area (Å²) < 4.78 is 0. The van der Waals surface area contributed by atoms with Gasteiger partial charge in [0.05, 0.1) is 6.04 Å². The molecule has 0 bridgehead atoms. The van der Waals surface area contributed by atoms with E-state index < -0.39 is 0 Å². The van der Waals surface area contributed by atoms with E-state index in [2.05, 4.69) is 0 Å². The Hall–Kier alpha value is -0.570. The van der Waals surface area contributed by atoms with Crippen LogP contribution in [0.1, 0.15) is 12.8 Å². The van der Waals surface area contributed by atoms with E-state index >= 15 is 0 Å². The third-order valence-corrected chi connectivity index (χ3v) is 2.15. The van der Waals surface area contributed by atoms with Crippen LogP contribution in [-0.2, 0) is 4.79 Å². The van der Waals surface area contributed by atoms with Gasteiger partial charge in [0.1, 0.15) is 5.88 Å². The molecular weight excluding hydrogens is 164 g/mol. The summed E-state index contributed by atoms with van der Waals surface area (Å²) in [6.45, 7) is 0.756. The number of hydrogen-bond donors (Lipinski definition) is 1. The molecule has 62 valence electrons. The first kappa shape index (κ1) is 8.53. The maximum absolute atomic E-state index is 11.1. The van der Waals surface area contributed by atoms with Gasteiger partial charge in [0.25, 0.3) is 0 Å². The Morgan fingerprint density at radius 1 is 1.82 bits per heavy atom. The summed E-state index contributed by atoms with van der Waals surface area (Å²) in [5.41, 5.74) is 0. The van der Waals surface area contributed by atoms with Crippen molar-refractivity contribution in [2.45, 2.75) is 18.9 Å². The first-order valence-electron chi connectivity index (χ1n) is 3.65. The minimum Gasteiger partial charge on any atom is -0.334 e. The van der Waals surface area contributed by atoms with Gasteiger partial charge in [-0.3, -0.25) is 4.79 Å². The van der Waals surface area contributed by atoms with Crippen LogP contribution in [0.25, 0.3) is 0 Å². The number of carbonyl (C=O) groups excluding carboxylic acids is 1. The second-order valence-electron chi connectivity index (χ2n) is 2.60. The van der Waals surface area contributed by atoms with Gasteiger partial charge in [0.15, 0.2) is 0 Å². The molecular formula is C7H11ClN2O. The van der Waals surface area contributed by atoms with Crippen LogP contribution in [0, 0.1) is 5.41 Å². The zero-order valence-electron chi connectivity index (χ0n) is 6.22. The molecule has 1 amide bonds. The van der Waals surface area contributed by atoms with E-state index in [4.69, 9.17) is 17.0 Å². The fourth-order valence-corrected chi connectivity index (χ4v) is 1.51. The fourth-order valence-electron chi connectivity index (χ4n) is 1.35. The van der Waals surface area contributed by atoms with Crippen molar-refractivity contribution in [1.29, 1.82) is 5.41 Å². The van der Waals surface area contributed by atoms with Gasteiger partial charge < -0.3 is 10.3 Å². The number of halogens is 1. The highest BCUT2D eigenvalue weighted by molar-refractivity contribution is 6.27. The van der Waals surface area contributed by atoms with Gasteiger partial charge in [-0.2, -0.15) is 0 Å². The predicted octanol–water partition coefficient (Wildman–Crippen LogP) is 0.866. The first-order chi connectivity index (χ1) is 5.29. The molecule has 0 spiro atoms. The van der Waals surface area contributed by atoms with E-state index in [0.29, 0.717) is 0 Å². The molecule has 0 radical (unpaired) electrons. The Morgan fingerprint density at radius 3 is 3.09 bits per heavy atom. The minimum atomic E-state index is -0.0577. The van der Waals surface area contributed by atoms with Crippen LogP contribution in [0.2, 0.25) is 0 Å². The van der Waals surface area contributed by atoms with Crippen molar-refractivity contribution in [1.82, 2.24) is 4.90 Å². The molecule has 4 heteroatoms. The van der Waals surface area contributed by atoms with Crippen molar-refractivity contribution >= 4 is 23.7 Å². The van der Waals surface area contributed by atoms with Crippen LogP contribution in [-0.4, -0.2) is 35.5 Å². The summed E-state index contributed by atoms with van der Waals surface area (Å²) >= 11 is 5.39. The zero-order chi connectivity index (χ0) is 8.27. The summed E-state index contributed by atoms with van der Waals surface area (Å²) in [6.07, 6.45) is 3.21. The Bertz CT molecular complexity index is 172. The zero-order valence-corrected chi connectivity index (χ0v) is 6.97. The predicted molar refractivity (Wildman–Crippen MR) is 44.2 cm³/mol. The molecule has 0 aromatic carbocycles. The lowest BCUT2D eigenvalue weighted by Crippen LogP contribution is -2.36. The van der Waals surface area contributed by atoms with Gasteiger partial charge >= 0.3 is 0 Å². The molecule has 1 saturated heterocycles. The van der Waals surface area contributed by atoms with E-state index in [1.807, 2.05) is 0 Å². The van der Waals surface area contributed by atoms with Crippen LogP contribution in [0.4, 0.5) is 0 Å². The van der Waals surface area contributed by atoms with E-state index in [9.17, 15) is 4.79 Å². The van der Waals surface area contributed by atoms with Gasteiger partial charge in [-0.1, -0.05) is 0 Å². The van der Waals surface area contributed by atoms with Crippen LogP contribution >= 0.6 is 11.6 Å². The summed E-state index contributed by atoms with van der Waals surface area (Å²) in [5.74, 6) is -0.0256. The molecule has 1 atom stereocenters. The van der Waals surface area contributed by atoms with Crippen LogP contribution in [0.15, 0.2) is 0 Å². The Balaban J connectivity index is 2.56. The summed E-state index contributed by atoms with van der Waals surface area (Å²) in [5, 5.41) is 7.04. The smallest absolute Gasteiger partial charge is 0.238 e. The number of rotatable bonds is 2. The first-order valence-corrected chi connectivity index (χ1v) is 4.19. The third kappa shape index (κ3) is 1.71. The lowest BCUT2D eigenvalue weighted by molar-refractivity contribution is -0.128. The maximum Gasteiger partial charge on any atom is 0.238 e. The molecule has 11 heavy (non-hydrogen) atoms. The van der Waals surface area contributed by atoms with Crippen molar-refractivity contribution in [3.63, 3.8) is 0 Å². The Labute approximate surface area is 70.8 Å². The number of amides is 1. The molecule has 0 unspecified atom stereocenters. The molecule has 0 aromatic rings. The SMILES string of the molecule is N=C[C@@H]1CCCN1C(=O)CCl. The van der Waals surface area contributed by atoms with Crippen molar-refractivity contribution in [3.05, 3.63) is 0 Å². The van der Waals surface area contributed by atoms with E-state index in [1.54, 1.807) is 4.90 Å². The highest BCUT2D eigenvalue weighted by Gasteiger charge is 2.25. The van der Waals surface area contributed by atoms with Gasteiger partial charge in [0, 0.05) is 12.8 Å². The van der Waals surface area contributed by atoms with Crippen LogP contribution in [0.5, 0.6) is 0 Å². The molecule has 1 fully saturated rings. The third-order valence-electron chi connectivity index (χ3n) is 1.93. The van der Waals surface area contributed by atoms with Crippen molar-refractivity contribution in [3.8, 4) is 0 Å². The monoisotopic (exact) mass is 174 g/mol. The molecule has 1 rings (SSSR count). The standard InChI is InChI=1S/C7H11ClN2O/c8-4-7(11)10-3-1-2-6(10)5-9/h5-6,9H,1-4H2/t6-/m0/s1. The number of likely N-dealkylation sites (tertiary alicyclic amines) is 1. The summed E-state index contributed by atoms with van der Waals surface area (Å²) in [4.78, 5) is 12.7. The van der Waals surface area contributed by atoms with Gasteiger partial charge in [0.2, 0.25) is 5.91 Å². The molecule has 0 aromatic heterocycles. The van der Waals surface area contributed by atoms with E-state index in [0.717, 1.165) is 19.4 Å². The van der Waals surface area contributed by atoms with Crippen molar-refractivity contribution in [2.24, 2.45) is 0 Å².